The number of benzene rings is 1. The first-order chi connectivity index (χ1) is 10.8. The number of Topliss-reactive ketones (excluding diaryl/α,β-unsaturated/α-hetero) is 1. The molecule has 8 nitrogen and oxygen atoms in total. The van der Waals surface area contributed by atoms with Crippen molar-refractivity contribution in [3.05, 3.63) is 35.9 Å². The zero-order chi connectivity index (χ0) is 17.3. The van der Waals surface area contributed by atoms with Crippen LogP contribution in [0.25, 0.3) is 0 Å². The van der Waals surface area contributed by atoms with Crippen molar-refractivity contribution in [1.29, 1.82) is 0 Å². The summed E-state index contributed by atoms with van der Waals surface area (Å²) in [7, 11) is -4.28. The monoisotopic (exact) mass is 344 g/mol. The largest absolute Gasteiger partial charge is 0.445 e. The highest BCUT2D eigenvalue weighted by molar-refractivity contribution is 7.85. The van der Waals surface area contributed by atoms with Gasteiger partial charge in [0.05, 0.1) is 11.8 Å². The van der Waals surface area contributed by atoms with Crippen molar-refractivity contribution in [3.8, 4) is 0 Å². The van der Waals surface area contributed by atoms with Crippen molar-refractivity contribution >= 4 is 22.0 Å². The van der Waals surface area contributed by atoms with Crippen molar-refractivity contribution in [2.24, 2.45) is 5.73 Å². The Balaban J connectivity index is 2.16. The third-order valence-corrected chi connectivity index (χ3v) is 3.67. The number of alkyl carbamates (subject to hydrolysis) is 1. The number of ether oxygens (including phenoxy) is 1. The molecule has 0 fully saturated rings. The smallest absolute Gasteiger partial charge is 0.407 e. The Kier molecular flexibility index (Phi) is 7.66. The van der Waals surface area contributed by atoms with E-state index in [0.717, 1.165) is 5.56 Å². The second-order valence-corrected chi connectivity index (χ2v) is 6.41. The SMILES string of the molecule is NC(CS(=O)(=O)O)C(=O)CCCNC(=O)OCc1ccccc1. The molecule has 0 radical (unpaired) electrons. The summed E-state index contributed by atoms with van der Waals surface area (Å²) in [5, 5.41) is 2.47. The maximum absolute atomic E-state index is 11.5. The molecule has 0 aliphatic carbocycles. The summed E-state index contributed by atoms with van der Waals surface area (Å²) in [5.74, 6) is -1.31. The molecule has 0 saturated carbocycles. The summed E-state index contributed by atoms with van der Waals surface area (Å²) < 4.78 is 34.8. The van der Waals surface area contributed by atoms with Gasteiger partial charge in [0.1, 0.15) is 6.61 Å². The van der Waals surface area contributed by atoms with E-state index in [2.05, 4.69) is 5.32 Å². The van der Waals surface area contributed by atoms with Crippen LogP contribution in [0.1, 0.15) is 18.4 Å². The van der Waals surface area contributed by atoms with Crippen LogP contribution >= 0.6 is 0 Å². The van der Waals surface area contributed by atoms with Gasteiger partial charge in [0.25, 0.3) is 10.1 Å². The van der Waals surface area contributed by atoms with Crippen LogP contribution in [-0.4, -0.2) is 43.2 Å². The lowest BCUT2D eigenvalue weighted by Gasteiger charge is -2.09. The standard InChI is InChI=1S/C14H20N2O6S/c15-12(10-23(19,20)21)13(17)7-4-8-16-14(18)22-9-11-5-2-1-3-6-11/h1-3,5-6,12H,4,7-10,15H2,(H,16,18)(H,19,20,21). The fraction of sp³-hybridized carbons (Fsp3) is 0.429. The van der Waals surface area contributed by atoms with Gasteiger partial charge in [-0.25, -0.2) is 4.79 Å². The van der Waals surface area contributed by atoms with Crippen LogP contribution in [0.5, 0.6) is 0 Å². The van der Waals surface area contributed by atoms with Gasteiger partial charge in [-0.05, 0) is 12.0 Å². The van der Waals surface area contributed by atoms with Gasteiger partial charge in [-0.15, -0.1) is 0 Å². The molecule has 0 aromatic heterocycles. The normalized spacial score (nSPS) is 12.4. The van der Waals surface area contributed by atoms with E-state index in [1.807, 2.05) is 30.3 Å². The Bertz CT molecular complexity index is 617. The van der Waals surface area contributed by atoms with Gasteiger partial charge in [0.2, 0.25) is 0 Å². The molecule has 0 heterocycles. The van der Waals surface area contributed by atoms with Gasteiger partial charge >= 0.3 is 6.09 Å². The number of carbonyl (C=O) groups is 2. The first-order valence-corrected chi connectivity index (χ1v) is 8.57. The first-order valence-electron chi connectivity index (χ1n) is 6.96. The number of amides is 1. The molecule has 1 unspecified atom stereocenters. The average Bonchev–Trinajstić information content (AvgIpc) is 2.48. The quantitative estimate of drug-likeness (QED) is 0.438. The zero-order valence-corrected chi connectivity index (χ0v) is 13.3. The number of rotatable bonds is 9. The van der Waals surface area contributed by atoms with Crippen LogP contribution in [0.15, 0.2) is 30.3 Å². The molecule has 4 N–H and O–H groups in total. The van der Waals surface area contributed by atoms with Crippen LogP contribution in [0.4, 0.5) is 4.79 Å². The second kappa shape index (κ2) is 9.23. The molecule has 1 aromatic rings. The Morgan fingerprint density at radius 3 is 2.52 bits per heavy atom. The lowest BCUT2D eigenvalue weighted by Crippen LogP contribution is -2.37. The molecule has 0 saturated heterocycles. The molecule has 9 heteroatoms. The van der Waals surface area contributed by atoms with Crippen LogP contribution in [0, 0.1) is 0 Å². The zero-order valence-electron chi connectivity index (χ0n) is 12.5. The van der Waals surface area contributed by atoms with Gasteiger partial charge in [-0.2, -0.15) is 8.42 Å². The number of carbonyl (C=O) groups excluding carboxylic acids is 2. The summed E-state index contributed by atoms with van der Waals surface area (Å²) in [4.78, 5) is 23.0. The maximum Gasteiger partial charge on any atom is 0.407 e. The Morgan fingerprint density at radius 2 is 1.91 bits per heavy atom. The van der Waals surface area contributed by atoms with E-state index < -0.39 is 33.8 Å². The topological polar surface area (TPSA) is 136 Å². The predicted octanol–water partition coefficient (Wildman–Crippen LogP) is 0.477. The van der Waals surface area contributed by atoms with E-state index >= 15 is 0 Å². The third-order valence-electron chi connectivity index (χ3n) is 2.89. The predicted molar refractivity (Wildman–Crippen MR) is 83.3 cm³/mol. The average molecular weight is 344 g/mol. The van der Waals surface area contributed by atoms with Crippen molar-refractivity contribution in [2.75, 3.05) is 12.3 Å². The molecule has 0 aliphatic heterocycles. The van der Waals surface area contributed by atoms with Gasteiger partial charge in [0, 0.05) is 13.0 Å². The molecular formula is C14H20N2O6S. The number of ketones is 1. The van der Waals surface area contributed by atoms with E-state index in [4.69, 9.17) is 15.0 Å². The van der Waals surface area contributed by atoms with Crippen molar-refractivity contribution < 1.29 is 27.3 Å². The molecule has 23 heavy (non-hydrogen) atoms. The molecule has 1 atom stereocenters. The van der Waals surface area contributed by atoms with E-state index in [-0.39, 0.29) is 19.6 Å². The van der Waals surface area contributed by atoms with E-state index in [1.165, 1.54) is 0 Å². The van der Waals surface area contributed by atoms with Crippen LogP contribution in [0.3, 0.4) is 0 Å². The molecule has 0 aliphatic rings. The van der Waals surface area contributed by atoms with E-state index in [9.17, 15) is 18.0 Å². The molecule has 1 rings (SSSR count). The Labute approximate surface area is 134 Å². The highest BCUT2D eigenvalue weighted by atomic mass is 32.2. The van der Waals surface area contributed by atoms with Crippen LogP contribution < -0.4 is 11.1 Å². The summed E-state index contributed by atoms with van der Waals surface area (Å²) >= 11 is 0. The maximum atomic E-state index is 11.5. The minimum atomic E-state index is -4.28. The van der Waals surface area contributed by atoms with Gasteiger partial charge in [-0.1, -0.05) is 30.3 Å². The Hall–Kier alpha value is -1.97. The lowest BCUT2D eigenvalue weighted by atomic mass is 10.1. The summed E-state index contributed by atoms with van der Waals surface area (Å²) in [6.07, 6.45) is -0.322. The minimum Gasteiger partial charge on any atom is -0.445 e. The molecule has 1 aromatic carbocycles. The van der Waals surface area contributed by atoms with E-state index in [0.29, 0.717) is 6.42 Å². The van der Waals surface area contributed by atoms with Crippen molar-refractivity contribution in [1.82, 2.24) is 5.32 Å². The lowest BCUT2D eigenvalue weighted by molar-refractivity contribution is -0.119. The number of nitrogens with two attached hydrogens (primary N) is 1. The molecule has 0 spiro atoms. The van der Waals surface area contributed by atoms with Gasteiger partial charge in [-0.3, -0.25) is 9.35 Å². The molecular weight excluding hydrogens is 324 g/mol. The molecule has 128 valence electrons. The third kappa shape index (κ3) is 8.91. The van der Waals surface area contributed by atoms with Crippen molar-refractivity contribution in [3.63, 3.8) is 0 Å². The van der Waals surface area contributed by atoms with Crippen LogP contribution in [0.2, 0.25) is 0 Å². The summed E-state index contributed by atoms with van der Waals surface area (Å²) in [5.41, 5.74) is 6.21. The molecule has 1 amide bonds. The highest BCUT2D eigenvalue weighted by Gasteiger charge is 2.19. The first kappa shape index (κ1) is 19.1. The fourth-order valence-corrected chi connectivity index (χ4v) is 2.37. The van der Waals surface area contributed by atoms with Gasteiger partial charge in [0.15, 0.2) is 5.78 Å². The number of nitrogens with one attached hydrogen (secondary N) is 1. The van der Waals surface area contributed by atoms with E-state index in [1.54, 1.807) is 0 Å². The highest BCUT2D eigenvalue weighted by Crippen LogP contribution is 2.01. The fourth-order valence-electron chi connectivity index (χ4n) is 1.73. The molecule has 0 bridgehead atoms. The Morgan fingerprint density at radius 1 is 1.26 bits per heavy atom. The number of hydrogen-bond acceptors (Lipinski definition) is 6. The minimum absolute atomic E-state index is 0.00431. The van der Waals surface area contributed by atoms with Crippen molar-refractivity contribution in [2.45, 2.75) is 25.5 Å². The summed E-state index contributed by atoms with van der Waals surface area (Å²) in [6.45, 7) is 0.336. The van der Waals surface area contributed by atoms with Crippen LogP contribution in [-0.2, 0) is 26.3 Å². The second-order valence-electron chi connectivity index (χ2n) is 4.91. The summed E-state index contributed by atoms with van der Waals surface area (Å²) in [6, 6.07) is 7.89. The number of hydrogen-bond donors (Lipinski definition) is 3. The van der Waals surface area contributed by atoms with Gasteiger partial charge < -0.3 is 15.8 Å².